The molecule has 0 rings (SSSR count). The lowest BCUT2D eigenvalue weighted by Crippen LogP contribution is -2.50. The van der Waals surface area contributed by atoms with Gasteiger partial charge in [-0.15, -0.1) is 0 Å². The molecule has 0 aromatic rings. The smallest absolute Gasteiger partial charge is 0.220 e. The zero-order valence-corrected chi connectivity index (χ0v) is 36.6. The van der Waals surface area contributed by atoms with Crippen LogP contribution in [0.1, 0.15) is 271 Å². The minimum absolute atomic E-state index is 0.149. The van der Waals surface area contributed by atoms with E-state index in [1.165, 1.54) is 205 Å². The first-order valence-corrected chi connectivity index (χ1v) is 24.5. The molecule has 4 N–H and O–H groups in total. The summed E-state index contributed by atoms with van der Waals surface area (Å²) < 4.78 is 0. The number of nitrogens with one attached hydrogen (secondary N) is 1. The molecule has 5 heteroatoms. The molecule has 0 aliphatic rings. The lowest BCUT2D eigenvalue weighted by atomic mass is 10.0. The Morgan fingerprint density at radius 1 is 0.444 bits per heavy atom. The second-order valence-electron chi connectivity index (χ2n) is 17.0. The van der Waals surface area contributed by atoms with E-state index >= 15 is 0 Å². The average molecular weight is 764 g/mol. The van der Waals surface area contributed by atoms with Crippen LogP contribution >= 0.6 is 0 Å². The minimum Gasteiger partial charge on any atom is -0.394 e. The third-order valence-corrected chi connectivity index (χ3v) is 11.6. The van der Waals surface area contributed by atoms with Crippen LogP contribution in [0.4, 0.5) is 0 Å². The Hall–Kier alpha value is -0.910. The first-order chi connectivity index (χ1) is 26.6. The highest BCUT2D eigenvalue weighted by molar-refractivity contribution is 5.76. The monoisotopic (exact) mass is 764 g/mol. The minimum atomic E-state index is -1.15. The molecular weight excluding hydrogens is 667 g/mol. The van der Waals surface area contributed by atoms with Crippen LogP contribution < -0.4 is 5.32 Å². The fourth-order valence-corrected chi connectivity index (χ4v) is 7.81. The summed E-state index contributed by atoms with van der Waals surface area (Å²) in [6.45, 7) is 4.20. The number of carbonyl (C=O) groups excluding carboxylic acids is 1. The van der Waals surface area contributed by atoms with Gasteiger partial charge in [-0.1, -0.05) is 238 Å². The maximum Gasteiger partial charge on any atom is 0.220 e. The standard InChI is InChI=1S/C49H97NO4/c1-3-5-7-9-11-13-15-17-19-21-23-25-27-29-31-33-35-37-39-41-43-47(52)49(54)46(45-51)50-48(53)44-42-40-38-36-34-32-30-28-26-24-22-20-18-16-14-12-10-8-6-4-2/h35,37,46-47,49,51-52,54H,3-34,36,38-45H2,1-2H3,(H,50,53)/b37-35+. The number of carbonyl (C=O) groups is 1. The average Bonchev–Trinajstić information content (AvgIpc) is 3.18. The van der Waals surface area contributed by atoms with E-state index in [1.807, 2.05) is 0 Å². The molecule has 0 aliphatic heterocycles. The zero-order chi connectivity index (χ0) is 39.4. The van der Waals surface area contributed by atoms with Crippen LogP contribution in [0.5, 0.6) is 0 Å². The molecule has 1 amide bonds. The molecule has 3 atom stereocenters. The maximum atomic E-state index is 12.5. The van der Waals surface area contributed by atoms with Crippen molar-refractivity contribution in [2.24, 2.45) is 0 Å². The normalized spacial score (nSPS) is 13.5. The number of aliphatic hydroxyl groups excluding tert-OH is 3. The van der Waals surface area contributed by atoms with E-state index in [2.05, 4.69) is 31.3 Å². The molecule has 0 spiro atoms. The molecule has 0 aromatic heterocycles. The van der Waals surface area contributed by atoms with Crippen molar-refractivity contribution in [1.29, 1.82) is 0 Å². The van der Waals surface area contributed by atoms with Crippen LogP contribution in [-0.4, -0.2) is 46.1 Å². The molecule has 0 saturated carbocycles. The van der Waals surface area contributed by atoms with Gasteiger partial charge in [-0.05, 0) is 38.5 Å². The third-order valence-electron chi connectivity index (χ3n) is 11.6. The van der Waals surface area contributed by atoms with Gasteiger partial charge in [-0.3, -0.25) is 4.79 Å². The van der Waals surface area contributed by atoms with Gasteiger partial charge in [0, 0.05) is 6.42 Å². The van der Waals surface area contributed by atoms with Crippen LogP contribution in [0, 0.1) is 0 Å². The zero-order valence-electron chi connectivity index (χ0n) is 36.6. The van der Waals surface area contributed by atoms with Gasteiger partial charge in [0.05, 0.1) is 18.8 Å². The fourth-order valence-electron chi connectivity index (χ4n) is 7.81. The van der Waals surface area contributed by atoms with Crippen molar-refractivity contribution >= 4 is 5.91 Å². The number of rotatable bonds is 45. The SMILES string of the molecule is CCCCCCCCCCCCCCCCC/C=C/CCCC(O)C(O)C(CO)NC(=O)CCCCCCCCCCCCCCCCCCCCCC. The van der Waals surface area contributed by atoms with Crippen LogP contribution in [0.15, 0.2) is 12.2 Å². The fraction of sp³-hybridized carbons (Fsp3) is 0.939. The van der Waals surface area contributed by atoms with Crippen molar-refractivity contribution in [3.8, 4) is 0 Å². The van der Waals surface area contributed by atoms with Crippen molar-refractivity contribution in [2.75, 3.05) is 6.61 Å². The summed E-state index contributed by atoms with van der Waals surface area (Å²) in [5, 5.41) is 33.6. The first kappa shape index (κ1) is 53.1. The third kappa shape index (κ3) is 39.3. The number of unbranched alkanes of at least 4 members (excludes halogenated alkanes) is 35. The van der Waals surface area contributed by atoms with Crippen molar-refractivity contribution in [2.45, 2.75) is 289 Å². The lowest BCUT2D eigenvalue weighted by Gasteiger charge is -2.26. The Morgan fingerprint density at radius 3 is 1.07 bits per heavy atom. The van der Waals surface area contributed by atoms with Gasteiger partial charge < -0.3 is 20.6 Å². The van der Waals surface area contributed by atoms with Gasteiger partial charge in [-0.2, -0.15) is 0 Å². The highest BCUT2D eigenvalue weighted by atomic mass is 16.3. The molecule has 0 fully saturated rings. The molecule has 5 nitrogen and oxygen atoms in total. The van der Waals surface area contributed by atoms with E-state index in [9.17, 15) is 20.1 Å². The summed E-state index contributed by atoms with van der Waals surface area (Å²) in [6.07, 6.45) is 53.4. The Morgan fingerprint density at radius 2 is 0.741 bits per heavy atom. The summed E-state index contributed by atoms with van der Waals surface area (Å²) >= 11 is 0. The largest absolute Gasteiger partial charge is 0.394 e. The molecule has 322 valence electrons. The molecule has 0 aromatic carbocycles. The van der Waals surface area contributed by atoms with E-state index in [4.69, 9.17) is 0 Å². The van der Waals surface area contributed by atoms with Crippen molar-refractivity contribution < 1.29 is 20.1 Å². The van der Waals surface area contributed by atoms with E-state index in [-0.39, 0.29) is 12.5 Å². The molecule has 0 heterocycles. The first-order valence-electron chi connectivity index (χ1n) is 24.5. The number of hydrogen-bond acceptors (Lipinski definition) is 4. The van der Waals surface area contributed by atoms with Gasteiger partial charge in [0.2, 0.25) is 5.91 Å². The van der Waals surface area contributed by atoms with Crippen molar-refractivity contribution in [3.63, 3.8) is 0 Å². The summed E-state index contributed by atoms with van der Waals surface area (Å²) in [4.78, 5) is 12.5. The predicted molar refractivity (Wildman–Crippen MR) is 236 cm³/mol. The predicted octanol–water partition coefficient (Wildman–Crippen LogP) is 14.4. The maximum absolute atomic E-state index is 12.5. The molecule has 0 radical (unpaired) electrons. The molecule has 54 heavy (non-hydrogen) atoms. The highest BCUT2D eigenvalue weighted by Gasteiger charge is 2.26. The van der Waals surface area contributed by atoms with Gasteiger partial charge in [-0.25, -0.2) is 0 Å². The van der Waals surface area contributed by atoms with E-state index in [0.717, 1.165) is 38.5 Å². The van der Waals surface area contributed by atoms with Gasteiger partial charge in [0.15, 0.2) is 0 Å². The quantitative estimate of drug-likeness (QED) is 0.0367. The number of hydrogen-bond donors (Lipinski definition) is 4. The molecule has 0 aliphatic carbocycles. The Kier molecular flexibility index (Phi) is 44.0. The topological polar surface area (TPSA) is 89.8 Å². The van der Waals surface area contributed by atoms with Gasteiger partial charge in [0.25, 0.3) is 0 Å². The van der Waals surface area contributed by atoms with Crippen LogP contribution in [0.25, 0.3) is 0 Å². The molecular formula is C49H97NO4. The summed E-state index contributed by atoms with van der Waals surface area (Å²) in [6, 6.07) is -0.821. The van der Waals surface area contributed by atoms with Gasteiger partial charge >= 0.3 is 0 Å². The Labute approximate surface area is 338 Å². The summed E-state index contributed by atoms with van der Waals surface area (Å²) in [5.74, 6) is -0.149. The summed E-state index contributed by atoms with van der Waals surface area (Å²) in [5.41, 5.74) is 0. The van der Waals surface area contributed by atoms with Crippen LogP contribution in [0.3, 0.4) is 0 Å². The number of allylic oxidation sites excluding steroid dienone is 2. The lowest BCUT2D eigenvalue weighted by molar-refractivity contribution is -0.124. The van der Waals surface area contributed by atoms with E-state index < -0.39 is 18.2 Å². The van der Waals surface area contributed by atoms with Crippen molar-refractivity contribution in [3.05, 3.63) is 12.2 Å². The number of aliphatic hydroxyl groups is 3. The molecule has 0 saturated heterocycles. The summed E-state index contributed by atoms with van der Waals surface area (Å²) in [7, 11) is 0. The van der Waals surface area contributed by atoms with E-state index in [1.54, 1.807) is 0 Å². The highest BCUT2D eigenvalue weighted by Crippen LogP contribution is 2.17. The Bertz CT molecular complexity index is 758. The molecule has 3 unspecified atom stereocenters. The van der Waals surface area contributed by atoms with Crippen molar-refractivity contribution in [1.82, 2.24) is 5.32 Å². The second-order valence-corrected chi connectivity index (χ2v) is 17.0. The Balaban J connectivity index is 3.59. The van der Waals surface area contributed by atoms with E-state index in [0.29, 0.717) is 12.8 Å². The number of amides is 1. The van der Waals surface area contributed by atoms with Crippen LogP contribution in [0.2, 0.25) is 0 Å². The second kappa shape index (κ2) is 44.8. The molecule has 0 bridgehead atoms. The van der Waals surface area contributed by atoms with Crippen LogP contribution in [-0.2, 0) is 4.79 Å². The van der Waals surface area contributed by atoms with Gasteiger partial charge in [0.1, 0.15) is 6.10 Å².